The highest BCUT2D eigenvalue weighted by molar-refractivity contribution is 6.40. The number of nitrogens with two attached hydrogens (primary N) is 1. The van der Waals surface area contributed by atoms with Crippen molar-refractivity contribution in [2.45, 2.75) is 69.3 Å². The number of halogens is 1. The van der Waals surface area contributed by atoms with Gasteiger partial charge in [0, 0.05) is 6.04 Å². The molecule has 1 fully saturated rings. The fourth-order valence-corrected chi connectivity index (χ4v) is 4.52. The van der Waals surface area contributed by atoms with Crippen LogP contribution in [0.4, 0.5) is 4.39 Å². The van der Waals surface area contributed by atoms with Crippen LogP contribution >= 0.6 is 0 Å². The third kappa shape index (κ3) is 3.84. The molecule has 0 aliphatic heterocycles. The van der Waals surface area contributed by atoms with E-state index in [1.54, 1.807) is 6.92 Å². The summed E-state index contributed by atoms with van der Waals surface area (Å²) in [6.45, 7) is 1.66. The maximum Gasteiger partial charge on any atom is 0.451 e. The first kappa shape index (κ1) is 20.1. The number of hydrogen-bond acceptors (Lipinski definition) is 5. The van der Waals surface area contributed by atoms with Gasteiger partial charge in [0.25, 0.3) is 0 Å². The summed E-state index contributed by atoms with van der Waals surface area (Å²) in [5, 5.41) is 28.0. The van der Waals surface area contributed by atoms with E-state index in [9.17, 15) is 14.3 Å². The fraction of sp³-hybridized carbons (Fsp3) is 0.632. The molecule has 0 aromatic heterocycles. The normalized spacial score (nSPS) is 29.6. The second-order valence-corrected chi connectivity index (χ2v) is 8.01. The van der Waals surface area contributed by atoms with Gasteiger partial charge in [-0.15, -0.1) is 0 Å². The van der Waals surface area contributed by atoms with Crippen LogP contribution in [0.1, 0.15) is 50.2 Å². The van der Waals surface area contributed by atoms with Gasteiger partial charge in [-0.1, -0.05) is 6.42 Å². The topological polar surface area (TPSA) is 113 Å². The van der Waals surface area contributed by atoms with Gasteiger partial charge in [0.15, 0.2) is 11.6 Å². The number of rotatable bonds is 7. The molecule has 3 rings (SSSR count). The van der Waals surface area contributed by atoms with Gasteiger partial charge >= 0.3 is 13.1 Å². The van der Waals surface area contributed by atoms with Crippen LogP contribution in [0, 0.1) is 11.7 Å². The molecule has 0 unspecified atom stereocenters. The lowest BCUT2D eigenvalue weighted by Crippen LogP contribution is -2.37. The highest BCUT2D eigenvalue weighted by Gasteiger charge is 2.49. The largest absolute Gasteiger partial charge is 0.486 e. The molecule has 0 bridgehead atoms. The molecule has 2 aliphatic rings. The minimum atomic E-state index is -1.40. The number of ether oxygens (including phenoxy) is 1. The number of fused-ring (bicyclic) bond motifs is 1. The summed E-state index contributed by atoms with van der Waals surface area (Å²) in [7, 11) is -1.40. The Kier molecular flexibility index (Phi) is 5.79. The predicted octanol–water partition coefficient (Wildman–Crippen LogP) is 1.85. The number of carboxylic acids is 1. The molecule has 0 spiro atoms. The Morgan fingerprint density at radius 2 is 2.15 bits per heavy atom. The SMILES string of the molecule is C[C@@]1(C(=O)O)c2cc(O[C@@H]3CCC[C@H]3N)c(F)cc2C[C@@H]1CCCB(O)O. The monoisotopic (exact) mass is 379 g/mol. The summed E-state index contributed by atoms with van der Waals surface area (Å²) in [6, 6.07) is 2.78. The molecule has 148 valence electrons. The molecule has 2 aliphatic carbocycles. The number of carboxylic acid groups (broad SMARTS) is 1. The van der Waals surface area contributed by atoms with Crippen LogP contribution in [0.5, 0.6) is 5.75 Å². The van der Waals surface area contributed by atoms with Crippen molar-refractivity contribution in [3.05, 3.63) is 29.1 Å². The van der Waals surface area contributed by atoms with E-state index in [2.05, 4.69) is 0 Å². The highest BCUT2D eigenvalue weighted by atomic mass is 19.1. The van der Waals surface area contributed by atoms with Gasteiger partial charge in [-0.25, -0.2) is 4.39 Å². The minimum absolute atomic E-state index is 0.0648. The molecule has 0 heterocycles. The van der Waals surface area contributed by atoms with Gasteiger partial charge < -0.3 is 25.6 Å². The van der Waals surface area contributed by atoms with E-state index in [0.717, 1.165) is 19.3 Å². The quantitative estimate of drug-likeness (QED) is 0.538. The van der Waals surface area contributed by atoms with Crippen molar-refractivity contribution >= 4 is 13.1 Å². The Morgan fingerprint density at radius 1 is 1.41 bits per heavy atom. The number of benzene rings is 1. The maximum atomic E-state index is 14.6. The molecule has 1 aromatic rings. The average Bonchev–Trinajstić information content (AvgIpc) is 3.11. The predicted molar refractivity (Wildman–Crippen MR) is 99.1 cm³/mol. The van der Waals surface area contributed by atoms with Crippen LogP contribution in [-0.4, -0.2) is 40.4 Å². The van der Waals surface area contributed by atoms with E-state index in [1.807, 2.05) is 0 Å². The van der Waals surface area contributed by atoms with Crippen molar-refractivity contribution in [3.8, 4) is 5.75 Å². The molecule has 8 heteroatoms. The summed E-state index contributed by atoms with van der Waals surface area (Å²) in [6.07, 6.45) is 3.91. The van der Waals surface area contributed by atoms with Gasteiger partial charge in [-0.2, -0.15) is 0 Å². The Balaban J connectivity index is 1.87. The lowest BCUT2D eigenvalue weighted by atomic mass is 9.72. The Hall–Kier alpha value is -1.64. The molecule has 0 saturated heterocycles. The minimum Gasteiger partial charge on any atom is -0.486 e. The van der Waals surface area contributed by atoms with Gasteiger partial charge in [-0.3, -0.25) is 4.79 Å². The molecule has 27 heavy (non-hydrogen) atoms. The standard InChI is InChI=1S/C19H27BFNO5/c1-19(18(23)24)12(4-3-7-20(25)26)8-11-9-14(21)17(10-13(11)19)27-16-6-2-5-15(16)22/h9-10,12,15-16,25-26H,2-8,22H2,1H3,(H,23,24)/t12-,15+,16+,19-/m0/s1. The van der Waals surface area contributed by atoms with E-state index in [0.29, 0.717) is 30.4 Å². The lowest BCUT2D eigenvalue weighted by Gasteiger charge is -2.29. The molecule has 5 N–H and O–H groups in total. The van der Waals surface area contributed by atoms with Crippen LogP contribution in [0.3, 0.4) is 0 Å². The summed E-state index contributed by atoms with van der Waals surface area (Å²) in [5.41, 5.74) is 6.10. The van der Waals surface area contributed by atoms with E-state index in [1.165, 1.54) is 12.1 Å². The molecular formula is C19H27BFNO5. The molecule has 0 radical (unpaired) electrons. The zero-order chi connectivity index (χ0) is 19.8. The first-order valence-corrected chi connectivity index (χ1v) is 9.58. The second kappa shape index (κ2) is 7.77. The number of hydrogen-bond donors (Lipinski definition) is 4. The van der Waals surface area contributed by atoms with Crippen molar-refractivity contribution in [2.75, 3.05) is 0 Å². The van der Waals surface area contributed by atoms with Gasteiger partial charge in [-0.05, 0) is 74.5 Å². The van der Waals surface area contributed by atoms with E-state index in [-0.39, 0.29) is 30.1 Å². The number of aliphatic carboxylic acids is 1. The zero-order valence-electron chi connectivity index (χ0n) is 15.5. The third-order valence-corrected chi connectivity index (χ3v) is 6.24. The lowest BCUT2D eigenvalue weighted by molar-refractivity contribution is -0.145. The highest BCUT2D eigenvalue weighted by Crippen LogP contribution is 2.47. The molecular weight excluding hydrogens is 352 g/mol. The van der Waals surface area contributed by atoms with E-state index >= 15 is 0 Å². The summed E-state index contributed by atoms with van der Waals surface area (Å²) in [5.74, 6) is -1.64. The van der Waals surface area contributed by atoms with Crippen molar-refractivity contribution in [2.24, 2.45) is 11.7 Å². The van der Waals surface area contributed by atoms with Gasteiger partial charge in [0.1, 0.15) is 6.10 Å². The van der Waals surface area contributed by atoms with Gasteiger partial charge in [0.2, 0.25) is 0 Å². The van der Waals surface area contributed by atoms with Crippen LogP contribution < -0.4 is 10.5 Å². The Morgan fingerprint density at radius 3 is 2.74 bits per heavy atom. The van der Waals surface area contributed by atoms with Crippen LogP contribution in [0.25, 0.3) is 0 Å². The first-order chi connectivity index (χ1) is 12.7. The third-order valence-electron chi connectivity index (χ3n) is 6.24. The van der Waals surface area contributed by atoms with Crippen molar-refractivity contribution < 1.29 is 29.1 Å². The Bertz CT molecular complexity index is 716. The number of carbonyl (C=O) groups is 1. The van der Waals surface area contributed by atoms with Crippen LogP contribution in [0.2, 0.25) is 6.32 Å². The summed E-state index contributed by atoms with van der Waals surface area (Å²) in [4.78, 5) is 12.1. The summed E-state index contributed by atoms with van der Waals surface area (Å²) < 4.78 is 20.4. The van der Waals surface area contributed by atoms with Crippen molar-refractivity contribution in [1.82, 2.24) is 0 Å². The van der Waals surface area contributed by atoms with Crippen molar-refractivity contribution in [3.63, 3.8) is 0 Å². The molecule has 6 nitrogen and oxygen atoms in total. The second-order valence-electron chi connectivity index (χ2n) is 8.01. The van der Waals surface area contributed by atoms with Crippen molar-refractivity contribution in [1.29, 1.82) is 0 Å². The summed E-state index contributed by atoms with van der Waals surface area (Å²) >= 11 is 0. The van der Waals surface area contributed by atoms with E-state index in [4.69, 9.17) is 20.5 Å². The fourth-order valence-electron chi connectivity index (χ4n) is 4.52. The Labute approximate surface area is 158 Å². The van der Waals surface area contributed by atoms with Crippen LogP contribution in [-0.2, 0) is 16.6 Å². The molecule has 1 aromatic carbocycles. The average molecular weight is 379 g/mol. The molecule has 0 amide bonds. The van der Waals surface area contributed by atoms with Crippen LogP contribution in [0.15, 0.2) is 12.1 Å². The smallest absolute Gasteiger partial charge is 0.451 e. The zero-order valence-corrected chi connectivity index (χ0v) is 15.5. The molecule has 4 atom stereocenters. The maximum absolute atomic E-state index is 14.6. The van der Waals surface area contributed by atoms with Gasteiger partial charge in [0.05, 0.1) is 5.41 Å². The first-order valence-electron chi connectivity index (χ1n) is 9.58. The molecule has 1 saturated carbocycles. The van der Waals surface area contributed by atoms with E-state index < -0.39 is 24.3 Å².